The fourth-order valence-electron chi connectivity index (χ4n) is 2.11. The Bertz CT molecular complexity index is 635. The molecule has 2 aromatic carbocycles. The molecule has 0 aromatic heterocycles. The molecule has 0 saturated carbocycles. The Morgan fingerprint density at radius 1 is 1.24 bits per heavy atom. The molecule has 21 heavy (non-hydrogen) atoms. The fraction of sp³-hybridized carbons (Fsp3) is 0.267. The summed E-state index contributed by atoms with van der Waals surface area (Å²) in [5.74, 6) is -1.01. The Hall–Kier alpha value is -1.50. The van der Waals surface area contributed by atoms with Crippen LogP contribution in [0.15, 0.2) is 42.5 Å². The molecule has 110 valence electrons. The third-order valence-electron chi connectivity index (χ3n) is 3.45. The third kappa shape index (κ3) is 3.78. The van der Waals surface area contributed by atoms with E-state index in [1.54, 1.807) is 13.0 Å². The number of rotatable bonds is 5. The van der Waals surface area contributed by atoms with Gasteiger partial charge in [0.2, 0.25) is 5.91 Å². The number of carbonyl (C=O) groups is 1. The topological polar surface area (TPSA) is 69.6 Å². The van der Waals surface area contributed by atoms with Crippen LogP contribution in [-0.4, -0.2) is 28.8 Å². The first-order valence-electron chi connectivity index (χ1n) is 6.79. The predicted octanol–water partition coefficient (Wildman–Crippen LogP) is 1.57. The van der Waals surface area contributed by atoms with Gasteiger partial charge >= 0.3 is 7.12 Å². The maximum Gasteiger partial charge on any atom is 0.480 e. The van der Waals surface area contributed by atoms with Crippen LogP contribution in [0.1, 0.15) is 18.4 Å². The second kappa shape index (κ2) is 6.98. The summed E-state index contributed by atoms with van der Waals surface area (Å²) in [6.07, 6.45) is 0. The number of carbonyl (C=O) groups excluding carboxylic acids is 1. The van der Waals surface area contributed by atoms with Gasteiger partial charge in [-0.3, -0.25) is 4.79 Å². The largest absolute Gasteiger partial charge is 0.480 e. The van der Waals surface area contributed by atoms with Gasteiger partial charge in [0.25, 0.3) is 0 Å². The van der Waals surface area contributed by atoms with Crippen LogP contribution in [0.4, 0.5) is 0 Å². The van der Waals surface area contributed by atoms with Crippen molar-refractivity contribution in [3.8, 4) is 0 Å². The molecule has 0 fully saturated rings. The molecule has 0 bridgehead atoms. The van der Waals surface area contributed by atoms with E-state index in [0.29, 0.717) is 11.3 Å². The third-order valence-corrected chi connectivity index (χ3v) is 4.00. The molecule has 0 aliphatic rings. The molecule has 2 aromatic rings. The number of nitrogens with one attached hydrogen (secondary N) is 1. The van der Waals surface area contributed by atoms with Gasteiger partial charge in [0.1, 0.15) is 0 Å². The standard InChI is InChI=1S/C15H18BNO3S/c1-10(9-21)15(18)17-14(16(19)20)13-7-6-11-4-2-3-5-12(11)8-13/h2-8,10,14,19-21H,9H2,1H3,(H,17,18)/t10-,14+/m1/s1. The van der Waals surface area contributed by atoms with E-state index in [1.165, 1.54) is 0 Å². The summed E-state index contributed by atoms with van der Waals surface area (Å²) in [4.78, 5) is 11.9. The molecule has 6 heteroatoms. The van der Waals surface area contributed by atoms with Crippen molar-refractivity contribution in [1.82, 2.24) is 5.32 Å². The Morgan fingerprint density at radius 3 is 2.52 bits per heavy atom. The molecule has 4 nitrogen and oxygen atoms in total. The lowest BCUT2D eigenvalue weighted by atomic mass is 9.74. The van der Waals surface area contributed by atoms with E-state index >= 15 is 0 Å². The van der Waals surface area contributed by atoms with E-state index < -0.39 is 13.1 Å². The van der Waals surface area contributed by atoms with Gasteiger partial charge in [0.15, 0.2) is 0 Å². The maximum atomic E-state index is 11.9. The smallest absolute Gasteiger partial charge is 0.426 e. The Morgan fingerprint density at radius 2 is 1.90 bits per heavy atom. The van der Waals surface area contributed by atoms with Crippen LogP contribution in [0.3, 0.4) is 0 Å². The minimum absolute atomic E-state index is 0.253. The molecule has 0 unspecified atom stereocenters. The van der Waals surface area contributed by atoms with E-state index in [-0.39, 0.29) is 11.8 Å². The highest BCUT2D eigenvalue weighted by Crippen LogP contribution is 2.21. The van der Waals surface area contributed by atoms with Crippen molar-refractivity contribution >= 4 is 36.4 Å². The second-order valence-corrected chi connectivity index (χ2v) is 5.46. The number of hydrogen-bond acceptors (Lipinski definition) is 4. The van der Waals surface area contributed by atoms with Gasteiger partial charge in [0.05, 0.1) is 5.94 Å². The van der Waals surface area contributed by atoms with Gasteiger partial charge in [-0.15, -0.1) is 0 Å². The fourth-order valence-corrected chi connectivity index (χ4v) is 2.28. The highest BCUT2D eigenvalue weighted by molar-refractivity contribution is 7.80. The van der Waals surface area contributed by atoms with Crippen LogP contribution in [0.5, 0.6) is 0 Å². The van der Waals surface area contributed by atoms with Crippen LogP contribution in [0.2, 0.25) is 0 Å². The van der Waals surface area contributed by atoms with E-state index in [9.17, 15) is 14.8 Å². The average molecular weight is 303 g/mol. The van der Waals surface area contributed by atoms with Crippen LogP contribution in [-0.2, 0) is 4.79 Å². The lowest BCUT2D eigenvalue weighted by Crippen LogP contribution is -2.41. The summed E-state index contributed by atoms with van der Waals surface area (Å²) in [5.41, 5.74) is 0.656. The minimum Gasteiger partial charge on any atom is -0.426 e. The van der Waals surface area contributed by atoms with Crippen LogP contribution < -0.4 is 5.32 Å². The van der Waals surface area contributed by atoms with Crippen LogP contribution >= 0.6 is 12.6 Å². The summed E-state index contributed by atoms with van der Waals surface area (Å²) in [5, 5.41) is 23.8. The molecular formula is C15H18BNO3S. The molecule has 0 saturated heterocycles. The van der Waals surface area contributed by atoms with Crippen molar-refractivity contribution in [3.63, 3.8) is 0 Å². The highest BCUT2D eigenvalue weighted by atomic mass is 32.1. The SMILES string of the molecule is C[C@H](CS)C(=O)N[C@H](B(O)O)c1ccc2ccccc2c1. The van der Waals surface area contributed by atoms with Gasteiger partial charge in [0, 0.05) is 11.7 Å². The van der Waals surface area contributed by atoms with E-state index in [0.717, 1.165) is 10.8 Å². The molecule has 0 spiro atoms. The van der Waals surface area contributed by atoms with Crippen molar-refractivity contribution in [3.05, 3.63) is 48.0 Å². The Labute approximate surface area is 129 Å². The molecule has 0 aliphatic heterocycles. The normalized spacial score (nSPS) is 13.7. The Kier molecular flexibility index (Phi) is 5.28. The molecule has 0 heterocycles. The first-order chi connectivity index (χ1) is 10.0. The maximum absolute atomic E-state index is 11.9. The quantitative estimate of drug-likeness (QED) is 0.501. The van der Waals surface area contributed by atoms with E-state index in [1.807, 2.05) is 36.4 Å². The first kappa shape index (κ1) is 15.9. The summed E-state index contributed by atoms with van der Waals surface area (Å²) in [7, 11) is -1.66. The van der Waals surface area contributed by atoms with Gasteiger partial charge in [-0.1, -0.05) is 43.3 Å². The monoisotopic (exact) mass is 303 g/mol. The second-order valence-electron chi connectivity index (χ2n) is 5.09. The molecule has 0 aliphatic carbocycles. The van der Waals surface area contributed by atoms with Crippen LogP contribution in [0.25, 0.3) is 10.8 Å². The van der Waals surface area contributed by atoms with Crippen molar-refractivity contribution in [1.29, 1.82) is 0 Å². The van der Waals surface area contributed by atoms with Crippen molar-refractivity contribution < 1.29 is 14.8 Å². The number of amides is 1. The minimum atomic E-state index is -1.66. The van der Waals surface area contributed by atoms with Crippen LogP contribution in [0, 0.1) is 5.92 Å². The molecule has 2 rings (SSSR count). The summed E-state index contributed by atoms with van der Waals surface area (Å²) in [6.45, 7) is 1.74. The molecule has 2 atom stereocenters. The Balaban J connectivity index is 2.29. The van der Waals surface area contributed by atoms with Gasteiger partial charge in [-0.25, -0.2) is 0 Å². The predicted molar refractivity (Wildman–Crippen MR) is 88.0 cm³/mol. The lowest BCUT2D eigenvalue weighted by molar-refractivity contribution is -0.124. The van der Waals surface area contributed by atoms with E-state index in [4.69, 9.17) is 0 Å². The summed E-state index contributed by atoms with van der Waals surface area (Å²) in [6, 6.07) is 13.3. The molecule has 1 amide bonds. The molecular weight excluding hydrogens is 285 g/mol. The zero-order chi connectivity index (χ0) is 15.4. The van der Waals surface area contributed by atoms with Crippen molar-refractivity contribution in [2.75, 3.05) is 5.75 Å². The van der Waals surface area contributed by atoms with Crippen molar-refractivity contribution in [2.45, 2.75) is 12.9 Å². The van der Waals surface area contributed by atoms with Gasteiger partial charge in [-0.05, 0) is 22.4 Å². The van der Waals surface area contributed by atoms with Crippen molar-refractivity contribution in [2.24, 2.45) is 5.92 Å². The number of benzene rings is 2. The van der Waals surface area contributed by atoms with Gasteiger partial charge in [-0.2, -0.15) is 12.6 Å². The van der Waals surface area contributed by atoms with E-state index in [2.05, 4.69) is 17.9 Å². The zero-order valence-corrected chi connectivity index (χ0v) is 12.6. The van der Waals surface area contributed by atoms with Gasteiger partial charge < -0.3 is 15.4 Å². The lowest BCUT2D eigenvalue weighted by Gasteiger charge is -2.20. The number of thiol groups is 1. The molecule has 0 radical (unpaired) electrons. The summed E-state index contributed by atoms with van der Waals surface area (Å²) >= 11 is 4.08. The number of fused-ring (bicyclic) bond motifs is 1. The highest BCUT2D eigenvalue weighted by Gasteiger charge is 2.28. The zero-order valence-electron chi connectivity index (χ0n) is 11.7. The average Bonchev–Trinajstić information content (AvgIpc) is 2.50. The molecule has 3 N–H and O–H groups in total. The summed E-state index contributed by atoms with van der Waals surface area (Å²) < 4.78 is 0. The first-order valence-corrected chi connectivity index (χ1v) is 7.42. The number of hydrogen-bond donors (Lipinski definition) is 4.